The molecule has 0 unspecified atom stereocenters. The van der Waals surface area contributed by atoms with Crippen LogP contribution in [0.15, 0.2) is 18.2 Å². The first-order chi connectivity index (χ1) is 3.79. The van der Waals surface area contributed by atoms with E-state index in [0.717, 1.165) is 0 Å². The maximum atomic E-state index is 3.03. The number of aryl methyl sites for hydroxylation is 2. The van der Waals surface area contributed by atoms with Gasteiger partial charge in [-0.1, -0.05) is 29.3 Å². The largest absolute Gasteiger partial charge is 0.187 e. The van der Waals surface area contributed by atoms with Crippen molar-refractivity contribution < 1.29 is 0 Å². The number of hydrogen-bond acceptors (Lipinski definition) is 0. The molecule has 47 valence electrons. The van der Waals surface area contributed by atoms with Gasteiger partial charge in [-0.3, -0.25) is 0 Å². The number of rotatable bonds is 0. The summed E-state index contributed by atoms with van der Waals surface area (Å²) in [5.74, 6) is 0. The fraction of sp³-hybridized carbons (Fsp3) is 0.250. The van der Waals surface area contributed by atoms with Crippen molar-refractivity contribution in [2.24, 2.45) is 0 Å². The maximum Gasteiger partial charge on any atom is 0.187 e. The van der Waals surface area contributed by atoms with Gasteiger partial charge in [0.15, 0.2) is 17.4 Å². The topological polar surface area (TPSA) is 0 Å². The first-order valence-electron chi connectivity index (χ1n) is 2.73. The average Bonchev–Trinajstić information content (AvgIpc) is 1.64. The Morgan fingerprint density at radius 2 is 1.56 bits per heavy atom. The fourth-order valence-corrected chi connectivity index (χ4v) is 0.747. The second kappa shape index (κ2) is 3.72. The summed E-state index contributed by atoms with van der Waals surface area (Å²) in [4.78, 5) is 0. The standard InChI is InChI=1S/C8H9.Al.3H/c1-7-4-3-5-8(2)6-7;;;;/h4-6H,1-2H3;;;;. The summed E-state index contributed by atoms with van der Waals surface area (Å²) < 4.78 is 0. The smallest absolute Gasteiger partial charge is 0.0563 e. The summed E-state index contributed by atoms with van der Waals surface area (Å²) in [7, 11) is 0. The van der Waals surface area contributed by atoms with Crippen LogP contribution in [0.3, 0.4) is 0 Å². The van der Waals surface area contributed by atoms with E-state index in [4.69, 9.17) is 0 Å². The maximum absolute atomic E-state index is 3.03. The SMILES string of the molecule is Cc1c[c]cc(C)c1.[AlH3]. The molecule has 1 heteroatoms. The molecule has 0 aliphatic carbocycles. The molecule has 0 aliphatic rings. The molecule has 9 heavy (non-hydrogen) atoms. The molecule has 0 aromatic heterocycles. The Bertz CT molecular complexity index is 164. The van der Waals surface area contributed by atoms with Crippen LogP contribution in [0.5, 0.6) is 0 Å². The van der Waals surface area contributed by atoms with Crippen LogP contribution in [-0.2, 0) is 0 Å². The fourth-order valence-electron chi connectivity index (χ4n) is 0.747. The third-order valence-corrected chi connectivity index (χ3v) is 1.08. The van der Waals surface area contributed by atoms with E-state index in [-0.39, 0.29) is 17.4 Å². The van der Waals surface area contributed by atoms with Crippen LogP contribution in [0.4, 0.5) is 0 Å². The highest BCUT2D eigenvalue weighted by atomic mass is 27.0. The van der Waals surface area contributed by atoms with Crippen LogP contribution in [-0.4, -0.2) is 17.4 Å². The highest BCUT2D eigenvalue weighted by molar-refractivity contribution is 5.75. The Morgan fingerprint density at radius 1 is 1.11 bits per heavy atom. The molecule has 0 spiro atoms. The van der Waals surface area contributed by atoms with Gasteiger partial charge in [-0.25, -0.2) is 0 Å². The molecule has 0 heterocycles. The van der Waals surface area contributed by atoms with E-state index in [1.54, 1.807) is 0 Å². The molecule has 0 nitrogen and oxygen atoms in total. The van der Waals surface area contributed by atoms with E-state index in [1.807, 2.05) is 12.1 Å². The molecular formula is C8H12Al. The average molecular weight is 135 g/mol. The van der Waals surface area contributed by atoms with Crippen LogP contribution in [0.2, 0.25) is 0 Å². The summed E-state index contributed by atoms with van der Waals surface area (Å²) in [6, 6.07) is 9.12. The van der Waals surface area contributed by atoms with Crippen molar-refractivity contribution in [1.82, 2.24) is 0 Å². The predicted molar refractivity (Wildman–Crippen MR) is 44.7 cm³/mol. The van der Waals surface area contributed by atoms with E-state index in [9.17, 15) is 0 Å². The Hall–Kier alpha value is -0.248. The minimum atomic E-state index is 0. The summed E-state index contributed by atoms with van der Waals surface area (Å²) >= 11 is 0. The first-order valence-corrected chi connectivity index (χ1v) is 2.73. The van der Waals surface area contributed by atoms with E-state index in [1.165, 1.54) is 11.1 Å². The second-order valence-corrected chi connectivity index (χ2v) is 2.09. The lowest BCUT2D eigenvalue weighted by Gasteiger charge is -1.90. The Balaban J connectivity index is 0.000000640. The molecule has 0 amide bonds. The van der Waals surface area contributed by atoms with Crippen molar-refractivity contribution >= 4 is 17.4 Å². The second-order valence-electron chi connectivity index (χ2n) is 2.09. The highest BCUT2D eigenvalue weighted by Crippen LogP contribution is 1.99. The molecule has 0 fully saturated rings. The third kappa shape index (κ3) is 2.70. The molecule has 0 atom stereocenters. The lowest BCUT2D eigenvalue weighted by atomic mass is 10.2. The molecule has 0 saturated carbocycles. The Kier molecular flexibility index (Phi) is 3.61. The third-order valence-electron chi connectivity index (χ3n) is 1.08. The van der Waals surface area contributed by atoms with E-state index < -0.39 is 0 Å². The summed E-state index contributed by atoms with van der Waals surface area (Å²) in [6.45, 7) is 4.15. The van der Waals surface area contributed by atoms with Gasteiger partial charge in [0.1, 0.15) is 0 Å². The molecule has 1 aromatic carbocycles. The van der Waals surface area contributed by atoms with Gasteiger partial charge in [0.2, 0.25) is 0 Å². The molecule has 0 N–H and O–H groups in total. The van der Waals surface area contributed by atoms with Crippen molar-refractivity contribution in [2.75, 3.05) is 0 Å². The molecule has 1 aromatic rings. The number of hydrogen-bond donors (Lipinski definition) is 0. The summed E-state index contributed by atoms with van der Waals surface area (Å²) in [5.41, 5.74) is 2.56. The lowest BCUT2D eigenvalue weighted by Crippen LogP contribution is -1.72. The van der Waals surface area contributed by atoms with Gasteiger partial charge in [-0.15, -0.1) is 0 Å². The van der Waals surface area contributed by atoms with Crippen LogP contribution in [0.1, 0.15) is 11.1 Å². The molecule has 0 saturated heterocycles. The van der Waals surface area contributed by atoms with E-state index in [0.29, 0.717) is 0 Å². The highest BCUT2D eigenvalue weighted by Gasteiger charge is 1.81. The van der Waals surface area contributed by atoms with Crippen LogP contribution >= 0.6 is 0 Å². The molecule has 0 bridgehead atoms. The van der Waals surface area contributed by atoms with Gasteiger partial charge in [0.25, 0.3) is 0 Å². The van der Waals surface area contributed by atoms with Gasteiger partial charge in [-0.2, -0.15) is 0 Å². The number of benzene rings is 1. The monoisotopic (exact) mass is 135 g/mol. The van der Waals surface area contributed by atoms with Gasteiger partial charge in [-0.05, 0) is 19.9 Å². The zero-order valence-electron chi connectivity index (χ0n) is 5.23. The molecule has 0 aliphatic heterocycles. The van der Waals surface area contributed by atoms with Gasteiger partial charge in [0, 0.05) is 0 Å². The van der Waals surface area contributed by atoms with Crippen molar-refractivity contribution in [3.05, 3.63) is 35.4 Å². The molecular weight excluding hydrogens is 123 g/mol. The Labute approximate surface area is 67.0 Å². The van der Waals surface area contributed by atoms with Crippen LogP contribution < -0.4 is 0 Å². The van der Waals surface area contributed by atoms with Gasteiger partial charge in [0.05, 0.1) is 0 Å². The van der Waals surface area contributed by atoms with Crippen molar-refractivity contribution in [3.8, 4) is 0 Å². The van der Waals surface area contributed by atoms with E-state index in [2.05, 4.69) is 26.0 Å². The van der Waals surface area contributed by atoms with Crippen molar-refractivity contribution in [1.29, 1.82) is 0 Å². The minimum absolute atomic E-state index is 0. The van der Waals surface area contributed by atoms with Crippen molar-refractivity contribution in [3.63, 3.8) is 0 Å². The molecule has 1 radical (unpaired) electrons. The molecule has 1 rings (SSSR count). The normalized spacial score (nSPS) is 8.22. The zero-order valence-corrected chi connectivity index (χ0v) is 5.23. The summed E-state index contributed by atoms with van der Waals surface area (Å²) in [5, 5.41) is 0. The van der Waals surface area contributed by atoms with Crippen LogP contribution in [0.25, 0.3) is 0 Å². The van der Waals surface area contributed by atoms with Gasteiger partial charge >= 0.3 is 0 Å². The van der Waals surface area contributed by atoms with Gasteiger partial charge < -0.3 is 0 Å². The van der Waals surface area contributed by atoms with Crippen molar-refractivity contribution in [2.45, 2.75) is 13.8 Å². The lowest BCUT2D eigenvalue weighted by molar-refractivity contribution is 1.38. The van der Waals surface area contributed by atoms with E-state index >= 15 is 0 Å². The summed E-state index contributed by atoms with van der Waals surface area (Å²) in [6.07, 6.45) is 0. The first kappa shape index (κ1) is 8.75. The quantitative estimate of drug-likeness (QED) is 0.464. The van der Waals surface area contributed by atoms with Crippen LogP contribution in [0, 0.1) is 19.9 Å². The Morgan fingerprint density at radius 3 is 1.78 bits per heavy atom. The zero-order chi connectivity index (χ0) is 5.98. The minimum Gasteiger partial charge on any atom is -0.0563 e. The predicted octanol–water partition coefficient (Wildman–Crippen LogP) is 0.920.